The minimum atomic E-state index is -3.38. The molecule has 0 heterocycles. The van der Waals surface area contributed by atoms with Crippen molar-refractivity contribution in [2.75, 3.05) is 5.75 Å². The predicted molar refractivity (Wildman–Crippen MR) is 34.3 cm³/mol. The van der Waals surface area contributed by atoms with Crippen molar-refractivity contribution in [3.8, 4) is 5.40 Å². The number of nitriles is 1. The molecule has 9 heavy (non-hydrogen) atoms. The fourth-order valence-corrected chi connectivity index (χ4v) is 1.14. The van der Waals surface area contributed by atoms with Crippen LogP contribution in [0.15, 0.2) is 0 Å². The molecule has 0 aromatic rings. The van der Waals surface area contributed by atoms with Crippen molar-refractivity contribution >= 4 is 9.84 Å². The first-order chi connectivity index (χ1) is 4.12. The van der Waals surface area contributed by atoms with E-state index < -0.39 is 9.84 Å². The first kappa shape index (κ1) is 8.44. The fourth-order valence-electron chi connectivity index (χ4n) is 0.380. The maximum Gasteiger partial charge on any atom is 0.241 e. The molecule has 0 aromatic heterocycles. The van der Waals surface area contributed by atoms with Crippen molar-refractivity contribution < 1.29 is 8.42 Å². The number of sulfone groups is 1. The van der Waals surface area contributed by atoms with E-state index in [0.717, 1.165) is 6.42 Å². The molecule has 0 saturated heterocycles. The van der Waals surface area contributed by atoms with Gasteiger partial charge in [0.15, 0.2) is 5.40 Å². The van der Waals surface area contributed by atoms with Crippen LogP contribution in [0.1, 0.15) is 19.8 Å². The van der Waals surface area contributed by atoms with Crippen LogP contribution in [0.3, 0.4) is 0 Å². The molecular formula is C5H9NO2S. The molecule has 0 aromatic carbocycles. The molecule has 0 rings (SSSR count). The van der Waals surface area contributed by atoms with E-state index in [4.69, 9.17) is 5.26 Å². The van der Waals surface area contributed by atoms with Gasteiger partial charge in [0.1, 0.15) is 0 Å². The monoisotopic (exact) mass is 147 g/mol. The Labute approximate surface area is 55.2 Å². The van der Waals surface area contributed by atoms with Crippen LogP contribution in [0.2, 0.25) is 0 Å². The molecule has 3 nitrogen and oxygen atoms in total. The van der Waals surface area contributed by atoms with E-state index in [0.29, 0.717) is 6.42 Å². The second-order valence-electron chi connectivity index (χ2n) is 1.76. The van der Waals surface area contributed by atoms with Crippen molar-refractivity contribution in [1.82, 2.24) is 0 Å². The number of thiocyanates is 1. The third-order valence-electron chi connectivity index (χ3n) is 0.906. The van der Waals surface area contributed by atoms with E-state index in [9.17, 15) is 8.42 Å². The highest BCUT2D eigenvalue weighted by Crippen LogP contribution is 1.93. The van der Waals surface area contributed by atoms with Crippen molar-refractivity contribution in [3.05, 3.63) is 0 Å². The van der Waals surface area contributed by atoms with Gasteiger partial charge in [0.05, 0.1) is 5.75 Å². The fraction of sp³-hybridized carbons (Fsp3) is 0.800. The third kappa shape index (κ3) is 3.98. The van der Waals surface area contributed by atoms with Gasteiger partial charge in [-0.25, -0.2) is 8.42 Å². The lowest BCUT2D eigenvalue weighted by Gasteiger charge is -1.88. The Morgan fingerprint density at radius 3 is 2.44 bits per heavy atom. The molecule has 0 saturated carbocycles. The van der Waals surface area contributed by atoms with E-state index in [2.05, 4.69) is 0 Å². The zero-order chi connectivity index (χ0) is 7.33. The van der Waals surface area contributed by atoms with Gasteiger partial charge in [-0.3, -0.25) is 0 Å². The van der Waals surface area contributed by atoms with E-state index in [1.54, 1.807) is 0 Å². The van der Waals surface area contributed by atoms with E-state index in [1.807, 2.05) is 6.92 Å². The molecule has 0 unspecified atom stereocenters. The Hall–Kier alpha value is -0.560. The summed E-state index contributed by atoms with van der Waals surface area (Å²) in [5.41, 5.74) is 0. The van der Waals surface area contributed by atoms with Gasteiger partial charge in [-0.1, -0.05) is 13.3 Å². The van der Waals surface area contributed by atoms with Gasteiger partial charge in [-0.05, 0) is 6.42 Å². The molecule has 0 radical (unpaired) electrons. The predicted octanol–water partition coefficient (Wildman–Crippen LogP) is 0.682. The highest BCUT2D eigenvalue weighted by atomic mass is 32.2. The van der Waals surface area contributed by atoms with Gasteiger partial charge in [0, 0.05) is 0 Å². The molecule has 0 fully saturated rings. The standard InChI is InChI=1S/C5H9NO2S/c1-2-3-4-9(7,8)5-6/h2-4H2,1H3. The lowest BCUT2D eigenvalue weighted by molar-refractivity contribution is 0.602. The summed E-state index contributed by atoms with van der Waals surface area (Å²) in [6, 6.07) is 0. The Balaban J connectivity index is 3.80. The average molecular weight is 147 g/mol. The first-order valence-corrected chi connectivity index (χ1v) is 4.41. The average Bonchev–Trinajstić information content (AvgIpc) is 1.84. The summed E-state index contributed by atoms with van der Waals surface area (Å²) in [4.78, 5) is 0. The van der Waals surface area contributed by atoms with Gasteiger partial charge in [-0.15, -0.1) is 0 Å². The Kier molecular flexibility index (Phi) is 3.25. The van der Waals surface area contributed by atoms with Crippen molar-refractivity contribution in [3.63, 3.8) is 0 Å². The molecule has 0 bridgehead atoms. The largest absolute Gasteiger partial charge is 0.241 e. The summed E-state index contributed by atoms with van der Waals surface area (Å²) < 4.78 is 20.8. The van der Waals surface area contributed by atoms with Crippen LogP contribution in [0.4, 0.5) is 0 Å². The van der Waals surface area contributed by atoms with E-state index >= 15 is 0 Å². The van der Waals surface area contributed by atoms with Crippen LogP contribution in [0.25, 0.3) is 0 Å². The van der Waals surface area contributed by atoms with Crippen LogP contribution < -0.4 is 0 Å². The summed E-state index contributed by atoms with van der Waals surface area (Å²) in [6.07, 6.45) is 1.39. The molecule has 0 aliphatic rings. The van der Waals surface area contributed by atoms with Gasteiger partial charge in [0.2, 0.25) is 9.84 Å². The first-order valence-electron chi connectivity index (χ1n) is 2.76. The van der Waals surface area contributed by atoms with Crippen molar-refractivity contribution in [2.45, 2.75) is 19.8 Å². The molecule has 0 N–H and O–H groups in total. The number of hydrogen-bond acceptors (Lipinski definition) is 3. The van der Waals surface area contributed by atoms with Crippen LogP contribution in [0, 0.1) is 10.7 Å². The summed E-state index contributed by atoms with van der Waals surface area (Å²) in [5.74, 6) is 0. The lowest BCUT2D eigenvalue weighted by atomic mass is 10.4. The zero-order valence-electron chi connectivity index (χ0n) is 5.29. The number of nitrogens with zero attached hydrogens (tertiary/aromatic N) is 1. The van der Waals surface area contributed by atoms with Crippen molar-refractivity contribution in [2.24, 2.45) is 0 Å². The van der Waals surface area contributed by atoms with Gasteiger partial charge >= 0.3 is 0 Å². The molecule has 0 atom stereocenters. The molecule has 4 heteroatoms. The molecule has 52 valence electrons. The number of unbranched alkanes of at least 4 members (excludes halogenated alkanes) is 1. The normalized spacial score (nSPS) is 10.7. The van der Waals surface area contributed by atoms with Crippen molar-refractivity contribution in [1.29, 1.82) is 5.26 Å². The van der Waals surface area contributed by atoms with Crippen LogP contribution in [-0.4, -0.2) is 14.2 Å². The van der Waals surface area contributed by atoms with E-state index in [1.165, 1.54) is 5.40 Å². The molecule has 0 spiro atoms. The van der Waals surface area contributed by atoms with Crippen LogP contribution >= 0.6 is 0 Å². The summed E-state index contributed by atoms with van der Waals surface area (Å²) in [5, 5.41) is 9.23. The quantitative estimate of drug-likeness (QED) is 0.435. The topological polar surface area (TPSA) is 57.9 Å². The SMILES string of the molecule is CCCCS(=O)(=O)C#N. The summed E-state index contributed by atoms with van der Waals surface area (Å²) in [7, 11) is -3.38. The second kappa shape index (κ2) is 3.46. The summed E-state index contributed by atoms with van der Waals surface area (Å²) in [6.45, 7) is 1.88. The Morgan fingerprint density at radius 1 is 1.56 bits per heavy atom. The Bertz CT molecular complexity index is 199. The molecule has 0 aliphatic carbocycles. The van der Waals surface area contributed by atoms with Gasteiger partial charge in [0.25, 0.3) is 0 Å². The molecule has 0 aliphatic heterocycles. The summed E-state index contributed by atoms with van der Waals surface area (Å²) >= 11 is 0. The maximum absolute atomic E-state index is 10.4. The highest BCUT2D eigenvalue weighted by Gasteiger charge is 2.05. The van der Waals surface area contributed by atoms with Gasteiger partial charge < -0.3 is 0 Å². The van der Waals surface area contributed by atoms with Crippen LogP contribution in [0.5, 0.6) is 0 Å². The minimum Gasteiger partial charge on any atom is -0.213 e. The molecular weight excluding hydrogens is 138 g/mol. The number of rotatable bonds is 3. The van der Waals surface area contributed by atoms with E-state index in [-0.39, 0.29) is 5.75 Å². The Morgan fingerprint density at radius 2 is 2.11 bits per heavy atom. The lowest BCUT2D eigenvalue weighted by Crippen LogP contribution is -2.00. The molecule has 0 amide bonds. The minimum absolute atomic E-state index is 0. The number of hydrogen-bond donors (Lipinski definition) is 0. The highest BCUT2D eigenvalue weighted by molar-refractivity contribution is 7.95. The van der Waals surface area contributed by atoms with Gasteiger partial charge in [-0.2, -0.15) is 5.26 Å². The van der Waals surface area contributed by atoms with Crippen LogP contribution in [-0.2, 0) is 9.84 Å². The zero-order valence-corrected chi connectivity index (χ0v) is 6.11. The smallest absolute Gasteiger partial charge is 0.213 e. The maximum atomic E-state index is 10.4. The second-order valence-corrected chi connectivity index (χ2v) is 3.58. The third-order valence-corrected chi connectivity index (χ3v) is 2.01.